The Hall–Kier alpha value is -2.18. The summed E-state index contributed by atoms with van der Waals surface area (Å²) in [6.45, 7) is 9.44. The number of fused-ring (bicyclic) bond motifs is 1. The second-order valence-corrected chi connectivity index (χ2v) is 10.6. The van der Waals surface area contributed by atoms with Crippen molar-refractivity contribution in [3.63, 3.8) is 0 Å². The second-order valence-electron chi connectivity index (χ2n) is 9.55. The third kappa shape index (κ3) is 6.48. The fourth-order valence-corrected chi connectivity index (χ4v) is 4.95. The van der Waals surface area contributed by atoms with Gasteiger partial charge in [-0.05, 0) is 66.5 Å². The number of alkyl halides is 3. The van der Waals surface area contributed by atoms with E-state index in [4.69, 9.17) is 0 Å². The number of thiophene rings is 1. The third-order valence-electron chi connectivity index (χ3n) is 5.73. The molecule has 8 nitrogen and oxygen atoms in total. The van der Waals surface area contributed by atoms with Gasteiger partial charge in [0, 0.05) is 23.5 Å². The van der Waals surface area contributed by atoms with Crippen molar-refractivity contribution in [3.8, 4) is 0 Å². The first-order chi connectivity index (χ1) is 15.6. The fraction of sp³-hybridized carbons (Fsp3) is 0.682. The Morgan fingerprint density at radius 1 is 1.21 bits per heavy atom. The van der Waals surface area contributed by atoms with Crippen LogP contribution in [0.5, 0.6) is 0 Å². The maximum Gasteiger partial charge on any atom is 0.390 e. The molecule has 1 aliphatic carbocycles. The maximum atomic E-state index is 13.1. The number of halogens is 3. The van der Waals surface area contributed by atoms with Gasteiger partial charge in [-0.15, -0.1) is 11.3 Å². The zero-order valence-electron chi connectivity index (χ0n) is 20.4. The van der Waals surface area contributed by atoms with E-state index in [-0.39, 0.29) is 5.60 Å². The zero-order valence-corrected chi connectivity index (χ0v) is 21.2. The standard InChI is InChI=1S/C17H23F3N4O2S.C5H10O2/c1-10-11(9-22-21-3)27-14-12(10)13(25)24(16(2)5-4-6-16)15(26)23(14)8-7-17(18,19)20;1-5(2,3)7-4-6/h21-22H,4-9H2,1-3H3;4H,1-3H3. The number of rotatable bonds is 7. The van der Waals surface area contributed by atoms with Gasteiger partial charge in [-0.2, -0.15) is 13.2 Å². The number of aromatic nitrogens is 2. The summed E-state index contributed by atoms with van der Waals surface area (Å²) < 4.78 is 45.3. The molecule has 192 valence electrons. The highest BCUT2D eigenvalue weighted by Crippen LogP contribution is 2.37. The van der Waals surface area contributed by atoms with Crippen LogP contribution in [-0.4, -0.2) is 34.4 Å². The van der Waals surface area contributed by atoms with Crippen LogP contribution in [0.4, 0.5) is 13.2 Å². The summed E-state index contributed by atoms with van der Waals surface area (Å²) in [6, 6.07) is 0. The number of nitrogens with one attached hydrogen (secondary N) is 2. The molecule has 2 N–H and O–H groups in total. The average molecular weight is 507 g/mol. The molecule has 1 fully saturated rings. The Kier molecular flexibility index (Phi) is 8.76. The first kappa shape index (κ1) is 28.1. The van der Waals surface area contributed by atoms with Gasteiger partial charge in [0.05, 0.1) is 11.8 Å². The van der Waals surface area contributed by atoms with Crippen molar-refractivity contribution < 1.29 is 22.7 Å². The lowest BCUT2D eigenvalue weighted by atomic mass is 9.78. The van der Waals surface area contributed by atoms with Crippen molar-refractivity contribution in [3.05, 3.63) is 31.3 Å². The molecule has 0 spiro atoms. The number of hydrazine groups is 1. The molecule has 2 aromatic heterocycles. The molecule has 0 amide bonds. The predicted octanol–water partition coefficient (Wildman–Crippen LogP) is 3.57. The molecular weight excluding hydrogens is 473 g/mol. The fourth-order valence-electron chi connectivity index (χ4n) is 3.70. The van der Waals surface area contributed by atoms with Gasteiger partial charge in [-0.25, -0.2) is 4.79 Å². The SMILES string of the molecule is CC(C)(C)OC=O.CNNCc1sc2c(c1C)c(=O)n(C1(C)CCC1)c(=O)n2CCC(F)(F)F. The molecule has 2 heterocycles. The van der Waals surface area contributed by atoms with E-state index >= 15 is 0 Å². The molecule has 0 radical (unpaired) electrons. The minimum atomic E-state index is -4.38. The summed E-state index contributed by atoms with van der Waals surface area (Å²) in [7, 11) is 1.70. The van der Waals surface area contributed by atoms with E-state index in [2.05, 4.69) is 15.6 Å². The molecule has 0 atom stereocenters. The molecule has 34 heavy (non-hydrogen) atoms. The van der Waals surface area contributed by atoms with Gasteiger partial charge in [-0.3, -0.25) is 29.6 Å². The molecule has 1 saturated carbocycles. The van der Waals surface area contributed by atoms with Crippen LogP contribution in [0.2, 0.25) is 0 Å². The summed E-state index contributed by atoms with van der Waals surface area (Å²) >= 11 is 1.19. The lowest BCUT2D eigenvalue weighted by molar-refractivity contribution is -0.139. The molecule has 0 bridgehead atoms. The topological polar surface area (TPSA) is 94.4 Å². The summed E-state index contributed by atoms with van der Waals surface area (Å²) in [5.41, 5.74) is 4.43. The molecule has 3 rings (SSSR count). The van der Waals surface area contributed by atoms with Crippen LogP contribution in [0.1, 0.15) is 63.8 Å². The van der Waals surface area contributed by atoms with Gasteiger partial charge in [0.25, 0.3) is 12.0 Å². The molecule has 0 saturated heterocycles. The first-order valence-electron chi connectivity index (χ1n) is 11.0. The van der Waals surface area contributed by atoms with Crippen molar-refractivity contribution in [2.75, 3.05) is 7.05 Å². The Bertz CT molecular complexity index is 1120. The van der Waals surface area contributed by atoms with E-state index in [0.29, 0.717) is 41.6 Å². The van der Waals surface area contributed by atoms with Gasteiger partial charge < -0.3 is 4.74 Å². The van der Waals surface area contributed by atoms with Crippen LogP contribution < -0.4 is 22.1 Å². The van der Waals surface area contributed by atoms with Gasteiger partial charge in [-0.1, -0.05) is 0 Å². The van der Waals surface area contributed by atoms with Crippen LogP contribution >= 0.6 is 11.3 Å². The van der Waals surface area contributed by atoms with Crippen LogP contribution in [0.25, 0.3) is 10.2 Å². The summed E-state index contributed by atoms with van der Waals surface area (Å²) in [6.07, 6.45) is -3.26. The number of carbonyl (C=O) groups is 1. The Morgan fingerprint density at radius 2 is 1.82 bits per heavy atom. The minimum Gasteiger partial charge on any atom is -0.462 e. The van der Waals surface area contributed by atoms with E-state index < -0.39 is 35.9 Å². The average Bonchev–Trinajstić information content (AvgIpc) is 3.00. The highest BCUT2D eigenvalue weighted by molar-refractivity contribution is 7.18. The predicted molar refractivity (Wildman–Crippen MR) is 126 cm³/mol. The molecule has 0 unspecified atom stereocenters. The summed E-state index contributed by atoms with van der Waals surface area (Å²) in [5, 5.41) is 0.350. The third-order valence-corrected chi connectivity index (χ3v) is 7.04. The van der Waals surface area contributed by atoms with Crippen LogP contribution in [0.15, 0.2) is 9.59 Å². The molecule has 0 aliphatic heterocycles. The molecule has 2 aromatic rings. The number of aryl methyl sites for hydroxylation is 2. The normalized spacial score (nSPS) is 15.4. The Balaban J connectivity index is 0.000000509. The lowest BCUT2D eigenvalue weighted by Crippen LogP contribution is -2.53. The van der Waals surface area contributed by atoms with Crippen LogP contribution in [0.3, 0.4) is 0 Å². The van der Waals surface area contributed by atoms with Crippen LogP contribution in [0, 0.1) is 6.92 Å². The van der Waals surface area contributed by atoms with Gasteiger partial charge in [0.1, 0.15) is 10.4 Å². The Labute approximate surface area is 200 Å². The zero-order chi connectivity index (χ0) is 25.9. The van der Waals surface area contributed by atoms with Crippen LogP contribution in [-0.2, 0) is 28.2 Å². The molecular formula is C22H33F3N4O4S. The van der Waals surface area contributed by atoms with E-state index in [1.807, 2.05) is 27.7 Å². The first-order valence-corrected chi connectivity index (χ1v) is 11.8. The molecule has 0 aromatic carbocycles. The number of hydrogen-bond acceptors (Lipinski definition) is 7. The highest BCUT2D eigenvalue weighted by Gasteiger charge is 2.38. The molecule has 1 aliphatic rings. The van der Waals surface area contributed by atoms with Gasteiger partial charge >= 0.3 is 11.9 Å². The smallest absolute Gasteiger partial charge is 0.390 e. The van der Waals surface area contributed by atoms with Gasteiger partial charge in [0.2, 0.25) is 0 Å². The van der Waals surface area contributed by atoms with Crippen molar-refractivity contribution >= 4 is 28.0 Å². The lowest BCUT2D eigenvalue weighted by Gasteiger charge is -2.39. The number of hydrogen-bond donors (Lipinski definition) is 2. The van der Waals surface area contributed by atoms with E-state index in [0.717, 1.165) is 15.9 Å². The number of carbonyl (C=O) groups excluding carboxylic acids is 1. The maximum absolute atomic E-state index is 13.1. The second kappa shape index (κ2) is 10.6. The highest BCUT2D eigenvalue weighted by atomic mass is 32.1. The van der Waals surface area contributed by atoms with E-state index in [1.165, 1.54) is 15.9 Å². The largest absolute Gasteiger partial charge is 0.462 e. The van der Waals surface area contributed by atoms with Gasteiger partial charge in [0.15, 0.2) is 0 Å². The summed E-state index contributed by atoms with van der Waals surface area (Å²) in [5.74, 6) is 0. The number of ether oxygens (including phenoxy) is 1. The van der Waals surface area contributed by atoms with Crippen molar-refractivity contribution in [1.29, 1.82) is 0 Å². The van der Waals surface area contributed by atoms with E-state index in [1.54, 1.807) is 14.0 Å². The van der Waals surface area contributed by atoms with Crippen molar-refractivity contribution in [2.24, 2.45) is 0 Å². The minimum absolute atomic E-state index is 0.318. The quantitative estimate of drug-likeness (QED) is 0.441. The van der Waals surface area contributed by atoms with E-state index in [9.17, 15) is 27.6 Å². The Morgan fingerprint density at radius 3 is 2.24 bits per heavy atom. The summed E-state index contributed by atoms with van der Waals surface area (Å²) in [4.78, 5) is 36.9. The molecule has 12 heteroatoms. The monoisotopic (exact) mass is 506 g/mol. The van der Waals surface area contributed by atoms with Crippen molar-refractivity contribution in [1.82, 2.24) is 20.0 Å². The number of nitrogens with zero attached hydrogens (tertiary/aromatic N) is 2. The van der Waals surface area contributed by atoms with Crippen molar-refractivity contribution in [2.45, 2.75) is 90.7 Å².